The normalized spacial score (nSPS) is 16.2. The predicted octanol–water partition coefficient (Wildman–Crippen LogP) is 4.04. The Hall–Kier alpha value is -2.60. The molecule has 1 amide bonds. The van der Waals surface area contributed by atoms with Crippen molar-refractivity contribution in [2.45, 2.75) is 25.8 Å². The van der Waals surface area contributed by atoms with E-state index in [1.54, 1.807) is 19.3 Å². The minimum absolute atomic E-state index is 0.00132. The molecule has 1 unspecified atom stereocenters. The highest BCUT2D eigenvalue weighted by molar-refractivity contribution is 5.98. The van der Waals surface area contributed by atoms with Crippen molar-refractivity contribution in [2.24, 2.45) is 0 Å². The number of nitrogens with one attached hydrogen (secondary N) is 1. The van der Waals surface area contributed by atoms with Crippen molar-refractivity contribution < 1.29 is 18.0 Å². The lowest BCUT2D eigenvalue weighted by molar-refractivity contribution is 0.0907. The van der Waals surface area contributed by atoms with Gasteiger partial charge in [0.15, 0.2) is 5.76 Å². The maximum Gasteiger partial charge on any atom is 0.287 e. The topological polar surface area (TPSA) is 58.6 Å². The highest BCUT2D eigenvalue weighted by Crippen LogP contribution is 2.27. The highest BCUT2D eigenvalue weighted by Gasteiger charge is 2.27. The van der Waals surface area contributed by atoms with E-state index in [1.165, 1.54) is 12.1 Å². The molecule has 1 atom stereocenters. The molecule has 0 spiro atoms. The number of amides is 1. The van der Waals surface area contributed by atoms with E-state index in [-0.39, 0.29) is 23.5 Å². The molecular formula is C20H21FN2O3. The van der Waals surface area contributed by atoms with E-state index in [1.807, 2.05) is 12.1 Å². The molecule has 1 aliphatic heterocycles. The fourth-order valence-corrected chi connectivity index (χ4v) is 3.62. The van der Waals surface area contributed by atoms with Gasteiger partial charge in [-0.1, -0.05) is 0 Å². The number of furan rings is 2. The fourth-order valence-electron chi connectivity index (χ4n) is 3.62. The molecule has 4 rings (SSSR count). The van der Waals surface area contributed by atoms with Crippen LogP contribution in [0.2, 0.25) is 0 Å². The van der Waals surface area contributed by atoms with Crippen LogP contribution in [0.15, 0.2) is 45.4 Å². The van der Waals surface area contributed by atoms with Gasteiger partial charge >= 0.3 is 0 Å². The third-order valence-electron chi connectivity index (χ3n) is 5.01. The molecule has 0 saturated carbocycles. The van der Waals surface area contributed by atoms with Crippen molar-refractivity contribution in [3.8, 4) is 0 Å². The maximum atomic E-state index is 13.5. The number of rotatable bonds is 5. The number of likely N-dealkylation sites (tertiary alicyclic amines) is 1. The van der Waals surface area contributed by atoms with Crippen LogP contribution in [0.25, 0.3) is 11.0 Å². The van der Waals surface area contributed by atoms with Crippen LogP contribution >= 0.6 is 0 Å². The summed E-state index contributed by atoms with van der Waals surface area (Å²) in [7, 11) is 0. The second-order valence-electron chi connectivity index (χ2n) is 6.68. The van der Waals surface area contributed by atoms with E-state index in [9.17, 15) is 9.18 Å². The second-order valence-corrected chi connectivity index (χ2v) is 6.68. The molecule has 1 saturated heterocycles. The molecule has 3 heterocycles. The van der Waals surface area contributed by atoms with Gasteiger partial charge in [0.1, 0.15) is 17.2 Å². The Kier molecular flexibility index (Phi) is 4.51. The van der Waals surface area contributed by atoms with Crippen LogP contribution in [0.1, 0.15) is 40.8 Å². The average molecular weight is 356 g/mol. The quantitative estimate of drug-likeness (QED) is 0.750. The summed E-state index contributed by atoms with van der Waals surface area (Å²) in [6.45, 7) is 4.18. The molecule has 5 nitrogen and oxygen atoms in total. The van der Waals surface area contributed by atoms with E-state index in [0.717, 1.165) is 31.7 Å². The summed E-state index contributed by atoms with van der Waals surface area (Å²) in [6, 6.07) is 8.06. The first-order valence-electron chi connectivity index (χ1n) is 8.88. The lowest BCUT2D eigenvalue weighted by Crippen LogP contribution is -2.36. The molecule has 26 heavy (non-hydrogen) atoms. The number of hydrogen-bond acceptors (Lipinski definition) is 4. The third kappa shape index (κ3) is 3.12. The Morgan fingerprint density at radius 2 is 2.12 bits per heavy atom. The smallest absolute Gasteiger partial charge is 0.287 e. The second kappa shape index (κ2) is 6.96. The zero-order valence-corrected chi connectivity index (χ0v) is 14.6. The molecule has 0 aliphatic carbocycles. The summed E-state index contributed by atoms with van der Waals surface area (Å²) in [6.07, 6.45) is 3.96. The summed E-state index contributed by atoms with van der Waals surface area (Å²) < 4.78 is 24.7. The van der Waals surface area contributed by atoms with E-state index in [0.29, 0.717) is 23.1 Å². The van der Waals surface area contributed by atoms with Crippen molar-refractivity contribution in [3.05, 3.63) is 59.5 Å². The minimum atomic E-state index is -0.347. The lowest BCUT2D eigenvalue weighted by Gasteiger charge is -2.25. The van der Waals surface area contributed by atoms with Gasteiger partial charge in [0.05, 0.1) is 12.3 Å². The molecule has 2 aromatic heterocycles. The summed E-state index contributed by atoms with van der Waals surface area (Å²) in [5, 5.41) is 3.58. The monoisotopic (exact) mass is 356 g/mol. The molecule has 3 aromatic rings. The number of halogens is 1. The van der Waals surface area contributed by atoms with Gasteiger partial charge < -0.3 is 14.2 Å². The number of hydrogen-bond donors (Lipinski definition) is 1. The molecule has 1 N–H and O–H groups in total. The van der Waals surface area contributed by atoms with Crippen LogP contribution in [-0.2, 0) is 0 Å². The maximum absolute atomic E-state index is 13.5. The molecule has 136 valence electrons. The van der Waals surface area contributed by atoms with Crippen LogP contribution < -0.4 is 5.32 Å². The summed E-state index contributed by atoms with van der Waals surface area (Å²) in [5.74, 6) is 0.427. The van der Waals surface area contributed by atoms with Crippen molar-refractivity contribution in [1.82, 2.24) is 10.2 Å². The number of nitrogens with zero attached hydrogens (tertiary/aromatic N) is 1. The summed E-state index contributed by atoms with van der Waals surface area (Å²) in [5.41, 5.74) is 1.16. The Morgan fingerprint density at radius 1 is 1.31 bits per heavy atom. The van der Waals surface area contributed by atoms with E-state index >= 15 is 0 Å². The van der Waals surface area contributed by atoms with Gasteiger partial charge in [-0.25, -0.2) is 4.39 Å². The fraction of sp³-hybridized carbons (Fsp3) is 0.350. The molecule has 0 bridgehead atoms. The highest BCUT2D eigenvalue weighted by atomic mass is 19.1. The van der Waals surface area contributed by atoms with Crippen LogP contribution in [-0.4, -0.2) is 30.4 Å². The number of carbonyl (C=O) groups is 1. The first kappa shape index (κ1) is 16.8. The van der Waals surface area contributed by atoms with Crippen molar-refractivity contribution in [1.29, 1.82) is 0 Å². The van der Waals surface area contributed by atoms with Crippen LogP contribution in [0.3, 0.4) is 0 Å². The predicted molar refractivity (Wildman–Crippen MR) is 95.5 cm³/mol. The SMILES string of the molecule is Cc1c(C(=O)NCC(c2ccco2)N2CCCC2)oc2ccc(F)cc12. The van der Waals surface area contributed by atoms with Crippen molar-refractivity contribution >= 4 is 16.9 Å². The molecule has 0 radical (unpaired) electrons. The largest absolute Gasteiger partial charge is 0.468 e. The van der Waals surface area contributed by atoms with Crippen molar-refractivity contribution in [2.75, 3.05) is 19.6 Å². The van der Waals surface area contributed by atoms with Gasteiger partial charge in [0.25, 0.3) is 5.91 Å². The van der Waals surface area contributed by atoms with Gasteiger partial charge in [-0.3, -0.25) is 9.69 Å². The minimum Gasteiger partial charge on any atom is -0.468 e. The average Bonchev–Trinajstić information content (AvgIpc) is 3.38. The molecule has 6 heteroatoms. The molecule has 1 aliphatic rings. The Bertz CT molecular complexity index is 911. The number of benzene rings is 1. The number of carbonyl (C=O) groups excluding carboxylic acids is 1. The van der Waals surface area contributed by atoms with Gasteiger partial charge in [-0.05, 0) is 63.2 Å². The number of fused-ring (bicyclic) bond motifs is 1. The molecular weight excluding hydrogens is 335 g/mol. The van der Waals surface area contributed by atoms with Crippen LogP contribution in [0.4, 0.5) is 4.39 Å². The zero-order valence-electron chi connectivity index (χ0n) is 14.6. The van der Waals surface area contributed by atoms with Gasteiger partial charge in [-0.15, -0.1) is 0 Å². The van der Waals surface area contributed by atoms with E-state index in [2.05, 4.69) is 10.2 Å². The number of aryl methyl sites for hydroxylation is 1. The zero-order chi connectivity index (χ0) is 18.1. The van der Waals surface area contributed by atoms with Gasteiger partial charge in [0, 0.05) is 17.5 Å². The van der Waals surface area contributed by atoms with Gasteiger partial charge in [-0.2, -0.15) is 0 Å². The standard InChI is InChI=1S/C20H21FN2O3/c1-13-15-11-14(21)6-7-17(15)26-19(13)20(24)22-12-16(18-5-4-10-25-18)23-8-2-3-9-23/h4-7,10-11,16H,2-3,8-9,12H2,1H3,(H,22,24). The first-order valence-corrected chi connectivity index (χ1v) is 8.88. The molecule has 1 fully saturated rings. The van der Waals surface area contributed by atoms with E-state index < -0.39 is 0 Å². The third-order valence-corrected chi connectivity index (χ3v) is 5.01. The van der Waals surface area contributed by atoms with Crippen molar-refractivity contribution in [3.63, 3.8) is 0 Å². The van der Waals surface area contributed by atoms with Crippen LogP contribution in [0, 0.1) is 12.7 Å². The van der Waals surface area contributed by atoms with Crippen LogP contribution in [0.5, 0.6) is 0 Å². The Labute approximate surface area is 150 Å². The Balaban J connectivity index is 1.53. The lowest BCUT2D eigenvalue weighted by atomic mass is 10.1. The summed E-state index contributed by atoms with van der Waals surface area (Å²) in [4.78, 5) is 15.0. The van der Waals surface area contributed by atoms with Gasteiger partial charge in [0.2, 0.25) is 0 Å². The summed E-state index contributed by atoms with van der Waals surface area (Å²) >= 11 is 0. The first-order chi connectivity index (χ1) is 12.6. The molecule has 1 aromatic carbocycles. The Morgan fingerprint density at radius 3 is 2.85 bits per heavy atom. The van der Waals surface area contributed by atoms with E-state index in [4.69, 9.17) is 8.83 Å².